The fourth-order valence-electron chi connectivity index (χ4n) is 1.03. The lowest BCUT2D eigenvalue weighted by molar-refractivity contribution is 0.000596. The zero-order chi connectivity index (χ0) is 11.5. The summed E-state index contributed by atoms with van der Waals surface area (Å²) in [5, 5.41) is 0. The van der Waals surface area contributed by atoms with E-state index in [0.717, 1.165) is 0 Å². The quantitative estimate of drug-likeness (QED) is 0.836. The Hall–Kier alpha value is -1.23. The van der Waals surface area contributed by atoms with Crippen molar-refractivity contribution in [3.8, 4) is 5.88 Å². The maximum absolute atomic E-state index is 13.2. The molecule has 0 bridgehead atoms. The van der Waals surface area contributed by atoms with Gasteiger partial charge < -0.3 is 10.5 Å². The molecule has 0 fully saturated rings. The van der Waals surface area contributed by atoms with Crippen molar-refractivity contribution in [2.24, 2.45) is 5.73 Å². The number of pyridine rings is 1. The third kappa shape index (κ3) is 3.13. The van der Waals surface area contributed by atoms with Crippen LogP contribution in [0.25, 0.3) is 0 Å². The second-order valence-corrected chi connectivity index (χ2v) is 3.44. The Morgan fingerprint density at radius 3 is 2.67 bits per heavy atom. The summed E-state index contributed by atoms with van der Waals surface area (Å²) in [7, 11) is 0. The van der Waals surface area contributed by atoms with Crippen molar-refractivity contribution in [3.05, 3.63) is 23.9 Å². The monoisotopic (exact) mass is 216 g/mol. The summed E-state index contributed by atoms with van der Waals surface area (Å²) in [6.45, 7) is 2.84. The Balaban J connectivity index is 2.92. The van der Waals surface area contributed by atoms with E-state index in [-0.39, 0.29) is 17.7 Å². The number of aromatic nitrogens is 1. The zero-order valence-corrected chi connectivity index (χ0v) is 8.71. The van der Waals surface area contributed by atoms with Crippen LogP contribution in [0.15, 0.2) is 18.2 Å². The molecule has 1 aromatic rings. The van der Waals surface area contributed by atoms with E-state index >= 15 is 0 Å². The second-order valence-electron chi connectivity index (χ2n) is 3.44. The molecule has 15 heavy (non-hydrogen) atoms. The van der Waals surface area contributed by atoms with Crippen LogP contribution in [0.3, 0.4) is 0 Å². The molecular weight excluding hydrogens is 202 g/mol. The molecule has 0 radical (unpaired) electrons. The molecule has 2 N–H and O–H groups in total. The van der Waals surface area contributed by atoms with Gasteiger partial charge >= 0.3 is 5.92 Å². The maximum Gasteiger partial charge on any atom is 0.301 e. The lowest BCUT2D eigenvalue weighted by atomic mass is 10.2. The van der Waals surface area contributed by atoms with Gasteiger partial charge in [-0.05, 0) is 19.9 Å². The summed E-state index contributed by atoms with van der Waals surface area (Å²) < 4.78 is 31.5. The molecule has 1 heterocycles. The van der Waals surface area contributed by atoms with Gasteiger partial charge in [0.05, 0.1) is 12.6 Å². The lowest BCUT2D eigenvalue weighted by Crippen LogP contribution is -2.26. The van der Waals surface area contributed by atoms with Gasteiger partial charge in [-0.2, -0.15) is 8.78 Å². The molecule has 0 aliphatic heterocycles. The predicted molar refractivity (Wildman–Crippen MR) is 52.9 cm³/mol. The first-order valence-corrected chi connectivity index (χ1v) is 4.68. The number of hydrogen-bond acceptors (Lipinski definition) is 3. The van der Waals surface area contributed by atoms with Gasteiger partial charge in [0, 0.05) is 6.07 Å². The van der Waals surface area contributed by atoms with Gasteiger partial charge in [0.1, 0.15) is 5.69 Å². The van der Waals surface area contributed by atoms with Gasteiger partial charge in [-0.3, -0.25) is 0 Å². The molecule has 5 heteroatoms. The molecule has 1 rings (SSSR count). The molecule has 0 spiro atoms. The normalized spacial score (nSPS) is 11.9. The molecule has 0 aromatic carbocycles. The molecule has 84 valence electrons. The number of nitrogens with zero attached hydrogens (tertiary/aromatic N) is 1. The van der Waals surface area contributed by atoms with Gasteiger partial charge in [0.2, 0.25) is 5.88 Å². The van der Waals surface area contributed by atoms with Crippen LogP contribution in [-0.2, 0) is 5.92 Å². The first-order chi connectivity index (χ1) is 6.95. The molecule has 0 atom stereocenters. The average Bonchev–Trinajstić information content (AvgIpc) is 2.17. The zero-order valence-electron chi connectivity index (χ0n) is 8.71. The highest BCUT2D eigenvalue weighted by Crippen LogP contribution is 2.26. The average molecular weight is 216 g/mol. The van der Waals surface area contributed by atoms with Crippen molar-refractivity contribution in [1.29, 1.82) is 0 Å². The van der Waals surface area contributed by atoms with Crippen molar-refractivity contribution in [3.63, 3.8) is 0 Å². The third-order valence-electron chi connectivity index (χ3n) is 1.71. The molecule has 1 aromatic heterocycles. The van der Waals surface area contributed by atoms with Gasteiger partial charge in [-0.25, -0.2) is 4.98 Å². The van der Waals surface area contributed by atoms with Gasteiger partial charge in [-0.15, -0.1) is 0 Å². The van der Waals surface area contributed by atoms with Crippen LogP contribution < -0.4 is 10.5 Å². The van der Waals surface area contributed by atoms with E-state index in [4.69, 9.17) is 10.5 Å². The van der Waals surface area contributed by atoms with Crippen LogP contribution >= 0.6 is 0 Å². The maximum atomic E-state index is 13.2. The summed E-state index contributed by atoms with van der Waals surface area (Å²) in [4.78, 5) is 3.70. The Labute approximate surface area is 87.3 Å². The summed E-state index contributed by atoms with van der Waals surface area (Å²) in [5.74, 6) is -2.91. The number of alkyl halides is 2. The highest BCUT2D eigenvalue weighted by molar-refractivity contribution is 5.19. The van der Waals surface area contributed by atoms with E-state index in [2.05, 4.69) is 4.98 Å². The van der Waals surface area contributed by atoms with E-state index in [1.165, 1.54) is 18.2 Å². The molecule has 0 saturated heterocycles. The number of hydrogen-bond donors (Lipinski definition) is 1. The minimum absolute atomic E-state index is 0.0979. The van der Waals surface area contributed by atoms with Crippen LogP contribution in [0.4, 0.5) is 8.78 Å². The van der Waals surface area contributed by atoms with Crippen LogP contribution in [0.2, 0.25) is 0 Å². The number of nitrogens with two attached hydrogens (primary N) is 1. The SMILES string of the molecule is CC(C)Oc1cccc(C(F)(F)CN)n1. The molecule has 0 aliphatic carbocycles. The Bertz CT molecular complexity index is 329. The fraction of sp³-hybridized carbons (Fsp3) is 0.500. The molecule has 3 nitrogen and oxygen atoms in total. The number of rotatable bonds is 4. The van der Waals surface area contributed by atoms with Crippen molar-refractivity contribution in [2.75, 3.05) is 6.54 Å². The van der Waals surface area contributed by atoms with Crippen LogP contribution in [-0.4, -0.2) is 17.6 Å². The lowest BCUT2D eigenvalue weighted by Gasteiger charge is -2.15. The first kappa shape index (κ1) is 11.8. The number of ether oxygens (including phenoxy) is 1. The van der Waals surface area contributed by atoms with Gasteiger partial charge in [-0.1, -0.05) is 6.07 Å². The fourth-order valence-corrected chi connectivity index (χ4v) is 1.03. The molecule has 0 unspecified atom stereocenters. The minimum atomic E-state index is -3.10. The predicted octanol–water partition coefficient (Wildman–Crippen LogP) is 1.92. The third-order valence-corrected chi connectivity index (χ3v) is 1.71. The Morgan fingerprint density at radius 2 is 2.13 bits per heavy atom. The van der Waals surface area contributed by atoms with E-state index in [9.17, 15) is 8.78 Å². The molecule has 0 aliphatic rings. The summed E-state index contributed by atoms with van der Waals surface area (Å²) in [6.07, 6.45) is -0.0979. The Kier molecular flexibility index (Phi) is 3.57. The van der Waals surface area contributed by atoms with Crippen LogP contribution in [0.1, 0.15) is 19.5 Å². The van der Waals surface area contributed by atoms with E-state index in [1.807, 2.05) is 0 Å². The summed E-state index contributed by atoms with van der Waals surface area (Å²) in [5.41, 5.74) is 4.60. The largest absolute Gasteiger partial charge is 0.475 e. The minimum Gasteiger partial charge on any atom is -0.475 e. The van der Waals surface area contributed by atoms with Crippen molar-refractivity contribution in [1.82, 2.24) is 4.98 Å². The topological polar surface area (TPSA) is 48.1 Å². The second kappa shape index (κ2) is 4.53. The van der Waals surface area contributed by atoms with E-state index in [1.54, 1.807) is 13.8 Å². The summed E-state index contributed by atoms with van der Waals surface area (Å²) >= 11 is 0. The van der Waals surface area contributed by atoms with Crippen molar-refractivity contribution in [2.45, 2.75) is 25.9 Å². The van der Waals surface area contributed by atoms with Crippen LogP contribution in [0.5, 0.6) is 5.88 Å². The van der Waals surface area contributed by atoms with Crippen molar-refractivity contribution >= 4 is 0 Å². The standard InChI is InChI=1S/C10H14F2N2O/c1-7(2)15-9-5-3-4-8(14-9)10(11,12)6-13/h3-5,7H,6,13H2,1-2H3. The van der Waals surface area contributed by atoms with Gasteiger partial charge in [0.25, 0.3) is 0 Å². The summed E-state index contributed by atoms with van der Waals surface area (Å²) in [6, 6.07) is 4.25. The van der Waals surface area contributed by atoms with Crippen molar-refractivity contribution < 1.29 is 13.5 Å². The molecule has 0 amide bonds. The van der Waals surface area contributed by atoms with E-state index in [0.29, 0.717) is 0 Å². The molecule has 0 saturated carbocycles. The van der Waals surface area contributed by atoms with E-state index < -0.39 is 12.5 Å². The van der Waals surface area contributed by atoms with Crippen LogP contribution in [0, 0.1) is 0 Å². The smallest absolute Gasteiger partial charge is 0.301 e. The first-order valence-electron chi connectivity index (χ1n) is 4.68. The Morgan fingerprint density at radius 1 is 1.47 bits per heavy atom. The highest BCUT2D eigenvalue weighted by Gasteiger charge is 2.31. The highest BCUT2D eigenvalue weighted by atomic mass is 19.3. The number of halogens is 2. The molecular formula is C10H14F2N2O. The van der Waals surface area contributed by atoms with Gasteiger partial charge in [0.15, 0.2) is 0 Å².